The molecule has 27 heavy (non-hydrogen) atoms. The van der Waals surface area contributed by atoms with Crippen molar-refractivity contribution in [3.05, 3.63) is 23.8 Å². The van der Waals surface area contributed by atoms with E-state index in [0.29, 0.717) is 41.9 Å². The summed E-state index contributed by atoms with van der Waals surface area (Å²) in [7, 11) is 3.41. The zero-order chi connectivity index (χ0) is 19.1. The van der Waals surface area contributed by atoms with Gasteiger partial charge in [0.2, 0.25) is 5.91 Å². The molecule has 1 aromatic carbocycles. The average Bonchev–Trinajstić information content (AvgIpc) is 2.63. The van der Waals surface area contributed by atoms with Gasteiger partial charge in [0.25, 0.3) is 5.91 Å². The molecule has 0 bridgehead atoms. The van der Waals surface area contributed by atoms with Gasteiger partial charge in [-0.05, 0) is 62.9 Å². The van der Waals surface area contributed by atoms with Crippen LogP contribution in [0.2, 0.25) is 0 Å². The molecule has 0 radical (unpaired) electrons. The van der Waals surface area contributed by atoms with Crippen LogP contribution in [-0.2, 0) is 4.79 Å². The summed E-state index contributed by atoms with van der Waals surface area (Å²) in [5.41, 5.74) is 1.09. The van der Waals surface area contributed by atoms with Crippen molar-refractivity contribution >= 4 is 29.9 Å². The first-order chi connectivity index (χ1) is 12.4. The van der Waals surface area contributed by atoms with Crippen LogP contribution in [0, 0.1) is 11.8 Å². The van der Waals surface area contributed by atoms with Gasteiger partial charge in [-0.25, -0.2) is 0 Å². The molecule has 1 fully saturated rings. The zero-order valence-corrected chi connectivity index (χ0v) is 17.5. The minimum absolute atomic E-state index is 0. The summed E-state index contributed by atoms with van der Waals surface area (Å²) >= 11 is 0. The monoisotopic (exact) mass is 397 g/mol. The number of rotatable bonds is 7. The van der Waals surface area contributed by atoms with E-state index in [1.54, 1.807) is 32.3 Å². The number of halogens is 1. The number of carbonyl (C=O) groups excluding carboxylic acids is 2. The molecule has 1 aliphatic heterocycles. The Bertz CT molecular complexity index is 631. The molecular weight excluding hydrogens is 366 g/mol. The molecule has 7 heteroatoms. The summed E-state index contributed by atoms with van der Waals surface area (Å²) in [6.07, 6.45) is 2.71. The van der Waals surface area contributed by atoms with E-state index in [0.717, 1.165) is 25.9 Å². The molecule has 152 valence electrons. The third-order valence-electron chi connectivity index (χ3n) is 4.90. The van der Waals surface area contributed by atoms with E-state index in [1.165, 1.54) is 4.90 Å². The number of nitrogens with zero attached hydrogens (tertiary/aromatic N) is 1. The Morgan fingerprint density at radius 1 is 1.30 bits per heavy atom. The highest BCUT2D eigenvalue weighted by Crippen LogP contribution is 2.28. The molecule has 1 aromatic rings. The number of anilines is 1. The van der Waals surface area contributed by atoms with Crippen LogP contribution < -0.4 is 15.4 Å². The van der Waals surface area contributed by atoms with Crippen molar-refractivity contribution in [1.82, 2.24) is 10.2 Å². The molecule has 0 spiro atoms. The topological polar surface area (TPSA) is 70.7 Å². The normalized spacial score (nSPS) is 15.4. The fraction of sp³-hybridized carbons (Fsp3) is 0.600. The second-order valence-corrected chi connectivity index (χ2v) is 7.16. The van der Waals surface area contributed by atoms with E-state index in [9.17, 15) is 9.59 Å². The average molecular weight is 398 g/mol. The van der Waals surface area contributed by atoms with Gasteiger partial charge >= 0.3 is 0 Å². The summed E-state index contributed by atoms with van der Waals surface area (Å²) in [6, 6.07) is 5.16. The third kappa shape index (κ3) is 6.70. The summed E-state index contributed by atoms with van der Waals surface area (Å²) < 4.78 is 5.61. The van der Waals surface area contributed by atoms with Crippen molar-refractivity contribution < 1.29 is 14.3 Å². The first-order valence-corrected chi connectivity index (χ1v) is 9.41. The lowest BCUT2D eigenvalue weighted by Crippen LogP contribution is -2.32. The Morgan fingerprint density at radius 3 is 2.56 bits per heavy atom. The Morgan fingerprint density at radius 2 is 1.96 bits per heavy atom. The van der Waals surface area contributed by atoms with Crippen LogP contribution in [0.4, 0.5) is 5.69 Å². The molecule has 0 aliphatic carbocycles. The zero-order valence-electron chi connectivity index (χ0n) is 16.7. The Kier molecular flexibility index (Phi) is 9.60. The van der Waals surface area contributed by atoms with Crippen LogP contribution in [0.3, 0.4) is 0 Å². The highest BCUT2D eigenvalue weighted by Gasteiger charge is 2.22. The SMILES string of the molecule is CCOc1ccc(C(=O)N(C)C)cc1NC(=O)CC(C)C1CCNCC1.Cl. The first kappa shape index (κ1) is 23.2. The second-order valence-electron chi connectivity index (χ2n) is 7.16. The predicted molar refractivity (Wildman–Crippen MR) is 111 cm³/mol. The molecule has 1 unspecified atom stereocenters. The Balaban J connectivity index is 0.00000364. The van der Waals surface area contributed by atoms with Crippen LogP contribution in [0.5, 0.6) is 5.75 Å². The molecule has 6 nitrogen and oxygen atoms in total. The molecule has 1 saturated heterocycles. The maximum atomic E-state index is 12.6. The van der Waals surface area contributed by atoms with Crippen molar-refractivity contribution in [1.29, 1.82) is 0 Å². The van der Waals surface area contributed by atoms with E-state index in [4.69, 9.17) is 4.74 Å². The molecule has 0 saturated carbocycles. The predicted octanol–water partition coefficient (Wildman–Crippen LogP) is 3.17. The van der Waals surface area contributed by atoms with E-state index < -0.39 is 0 Å². The number of ether oxygens (including phenoxy) is 1. The van der Waals surface area contributed by atoms with Gasteiger partial charge in [-0.15, -0.1) is 12.4 Å². The number of piperidine rings is 1. The lowest BCUT2D eigenvalue weighted by atomic mass is 9.84. The number of hydrogen-bond acceptors (Lipinski definition) is 4. The van der Waals surface area contributed by atoms with Crippen LogP contribution in [0.15, 0.2) is 18.2 Å². The lowest BCUT2D eigenvalue weighted by Gasteiger charge is -2.28. The smallest absolute Gasteiger partial charge is 0.253 e. The van der Waals surface area contributed by atoms with Gasteiger partial charge in [0.05, 0.1) is 12.3 Å². The van der Waals surface area contributed by atoms with Crippen molar-refractivity contribution in [3.63, 3.8) is 0 Å². The highest BCUT2D eigenvalue weighted by atomic mass is 35.5. The van der Waals surface area contributed by atoms with Gasteiger partial charge in [0, 0.05) is 26.1 Å². The second kappa shape index (κ2) is 11.1. The van der Waals surface area contributed by atoms with E-state index in [-0.39, 0.29) is 24.2 Å². The van der Waals surface area contributed by atoms with Crippen LogP contribution >= 0.6 is 12.4 Å². The summed E-state index contributed by atoms with van der Waals surface area (Å²) in [5.74, 6) is 1.36. The Hall–Kier alpha value is -1.79. The minimum Gasteiger partial charge on any atom is -0.492 e. The van der Waals surface area contributed by atoms with Gasteiger partial charge in [-0.2, -0.15) is 0 Å². The third-order valence-corrected chi connectivity index (χ3v) is 4.90. The first-order valence-electron chi connectivity index (χ1n) is 9.41. The van der Waals surface area contributed by atoms with Crippen molar-refractivity contribution in [2.24, 2.45) is 11.8 Å². The van der Waals surface area contributed by atoms with Gasteiger partial charge in [-0.3, -0.25) is 9.59 Å². The number of carbonyl (C=O) groups is 2. The molecule has 1 atom stereocenters. The molecule has 2 N–H and O–H groups in total. The van der Waals surface area contributed by atoms with Gasteiger partial charge in [0.1, 0.15) is 5.75 Å². The van der Waals surface area contributed by atoms with Gasteiger partial charge in [0.15, 0.2) is 0 Å². The maximum Gasteiger partial charge on any atom is 0.253 e. The molecule has 2 rings (SSSR count). The number of benzene rings is 1. The number of hydrogen-bond donors (Lipinski definition) is 2. The fourth-order valence-electron chi connectivity index (χ4n) is 3.37. The summed E-state index contributed by atoms with van der Waals surface area (Å²) in [4.78, 5) is 26.3. The van der Waals surface area contributed by atoms with Crippen molar-refractivity contribution in [2.75, 3.05) is 39.1 Å². The largest absolute Gasteiger partial charge is 0.492 e. The van der Waals surface area contributed by atoms with Gasteiger partial charge < -0.3 is 20.3 Å². The van der Waals surface area contributed by atoms with Crippen molar-refractivity contribution in [3.8, 4) is 5.75 Å². The quantitative estimate of drug-likeness (QED) is 0.741. The standard InChI is InChI=1S/C20H31N3O3.ClH/c1-5-26-18-7-6-16(20(25)23(3)4)13-17(18)22-19(24)12-14(2)15-8-10-21-11-9-15;/h6-7,13-15,21H,5,8-12H2,1-4H3,(H,22,24);1H. The minimum atomic E-state index is -0.105. The van der Waals surface area contributed by atoms with E-state index >= 15 is 0 Å². The van der Waals surface area contributed by atoms with E-state index in [2.05, 4.69) is 17.6 Å². The maximum absolute atomic E-state index is 12.6. The van der Waals surface area contributed by atoms with Crippen LogP contribution in [0.1, 0.15) is 43.5 Å². The van der Waals surface area contributed by atoms with Crippen LogP contribution in [0.25, 0.3) is 0 Å². The molecular formula is C20H32ClN3O3. The highest BCUT2D eigenvalue weighted by molar-refractivity contribution is 5.98. The summed E-state index contributed by atoms with van der Waals surface area (Å²) in [6.45, 7) is 6.59. The Labute approximate surface area is 168 Å². The number of amides is 2. The van der Waals surface area contributed by atoms with E-state index in [1.807, 2.05) is 6.92 Å². The van der Waals surface area contributed by atoms with Crippen LogP contribution in [-0.4, -0.2) is 50.5 Å². The lowest BCUT2D eigenvalue weighted by molar-refractivity contribution is -0.117. The molecule has 1 heterocycles. The fourth-order valence-corrected chi connectivity index (χ4v) is 3.37. The summed E-state index contributed by atoms with van der Waals surface area (Å²) in [5, 5.41) is 6.31. The molecule has 0 aromatic heterocycles. The number of nitrogens with one attached hydrogen (secondary N) is 2. The van der Waals surface area contributed by atoms with Crippen molar-refractivity contribution in [2.45, 2.75) is 33.1 Å². The molecule has 1 aliphatic rings. The van der Waals surface area contributed by atoms with Gasteiger partial charge in [-0.1, -0.05) is 6.92 Å². The molecule has 2 amide bonds.